The van der Waals surface area contributed by atoms with Crippen molar-refractivity contribution in [2.75, 3.05) is 19.7 Å². The van der Waals surface area contributed by atoms with Crippen molar-refractivity contribution in [2.24, 2.45) is 11.3 Å². The van der Waals surface area contributed by atoms with Gasteiger partial charge in [0.1, 0.15) is 23.9 Å². The fourth-order valence-corrected chi connectivity index (χ4v) is 3.45. The third kappa shape index (κ3) is 3.25. The van der Waals surface area contributed by atoms with Crippen molar-refractivity contribution in [3.05, 3.63) is 30.3 Å². The molecule has 1 saturated heterocycles. The SMILES string of the molecule is C[C@@H]1C[C@@]1(C#N)C(=O)N1C[C@@H](COc2ccccc2)OC(C)(C)C1. The third-order valence-electron chi connectivity index (χ3n) is 4.84. The minimum atomic E-state index is -0.821. The summed E-state index contributed by atoms with van der Waals surface area (Å²) >= 11 is 0. The molecule has 0 radical (unpaired) electrons. The molecule has 1 aromatic rings. The van der Waals surface area contributed by atoms with Gasteiger partial charge in [-0.05, 0) is 38.3 Å². The molecular formula is C19H24N2O3. The second-order valence-electron chi connectivity index (χ2n) is 7.50. The standard InChI is InChI=1S/C19H24N2O3/c1-14-9-19(14,12-20)17(22)21-10-16(24-18(2,3)13-21)11-23-15-7-5-4-6-8-15/h4-8,14,16H,9-11,13H2,1-3H3/t14-,16+,19+/m1/s1. The first kappa shape index (κ1) is 16.8. The summed E-state index contributed by atoms with van der Waals surface area (Å²) in [5.74, 6) is 0.866. The number of amides is 1. The Morgan fingerprint density at radius 3 is 2.67 bits per heavy atom. The van der Waals surface area contributed by atoms with E-state index in [0.717, 1.165) is 5.75 Å². The molecular weight excluding hydrogens is 304 g/mol. The van der Waals surface area contributed by atoms with Crippen molar-refractivity contribution in [2.45, 2.75) is 38.9 Å². The Bertz CT molecular complexity index is 652. The summed E-state index contributed by atoms with van der Waals surface area (Å²) in [5.41, 5.74) is -1.27. The number of hydrogen-bond acceptors (Lipinski definition) is 4. The highest BCUT2D eigenvalue weighted by atomic mass is 16.5. The van der Waals surface area contributed by atoms with Gasteiger partial charge in [0.05, 0.1) is 18.2 Å². The van der Waals surface area contributed by atoms with Crippen molar-refractivity contribution < 1.29 is 14.3 Å². The maximum Gasteiger partial charge on any atom is 0.243 e. The Labute approximate surface area is 143 Å². The molecule has 1 aliphatic carbocycles. The number of carbonyl (C=O) groups is 1. The van der Waals surface area contributed by atoms with Crippen LogP contribution in [0.25, 0.3) is 0 Å². The van der Waals surface area contributed by atoms with E-state index < -0.39 is 11.0 Å². The van der Waals surface area contributed by atoms with Crippen molar-refractivity contribution in [3.8, 4) is 11.8 Å². The zero-order valence-corrected chi connectivity index (χ0v) is 14.5. The molecule has 0 N–H and O–H groups in total. The van der Waals surface area contributed by atoms with Crippen LogP contribution in [0.4, 0.5) is 0 Å². The second-order valence-corrected chi connectivity index (χ2v) is 7.50. The molecule has 1 aliphatic heterocycles. The summed E-state index contributed by atoms with van der Waals surface area (Å²) in [6.45, 7) is 7.25. The Morgan fingerprint density at radius 1 is 1.42 bits per heavy atom. The van der Waals surface area contributed by atoms with Crippen LogP contribution in [0, 0.1) is 22.7 Å². The largest absolute Gasteiger partial charge is 0.491 e. The van der Waals surface area contributed by atoms with E-state index in [1.807, 2.05) is 51.1 Å². The van der Waals surface area contributed by atoms with Crippen LogP contribution in [-0.4, -0.2) is 42.2 Å². The zero-order valence-electron chi connectivity index (χ0n) is 14.5. The van der Waals surface area contributed by atoms with E-state index in [9.17, 15) is 10.1 Å². The maximum atomic E-state index is 12.8. The lowest BCUT2D eigenvalue weighted by atomic mass is 10.00. The molecule has 3 atom stereocenters. The molecule has 0 unspecified atom stereocenters. The average Bonchev–Trinajstić information content (AvgIpc) is 3.23. The van der Waals surface area contributed by atoms with Crippen LogP contribution < -0.4 is 4.74 Å². The van der Waals surface area contributed by atoms with Crippen LogP contribution in [0.5, 0.6) is 5.75 Å². The van der Waals surface area contributed by atoms with Crippen LogP contribution in [0.2, 0.25) is 0 Å². The third-order valence-corrected chi connectivity index (χ3v) is 4.84. The molecule has 128 valence electrons. The lowest BCUT2D eigenvalue weighted by Crippen LogP contribution is -2.57. The van der Waals surface area contributed by atoms with Crippen LogP contribution in [0.15, 0.2) is 30.3 Å². The lowest BCUT2D eigenvalue weighted by molar-refractivity contribution is -0.168. The van der Waals surface area contributed by atoms with Gasteiger partial charge in [-0.15, -0.1) is 0 Å². The molecule has 5 nitrogen and oxygen atoms in total. The molecule has 0 spiro atoms. The average molecular weight is 328 g/mol. The Hall–Kier alpha value is -2.06. The minimum Gasteiger partial charge on any atom is -0.491 e. The van der Waals surface area contributed by atoms with E-state index in [4.69, 9.17) is 9.47 Å². The smallest absolute Gasteiger partial charge is 0.243 e. The highest BCUT2D eigenvalue weighted by molar-refractivity contribution is 5.89. The number of rotatable bonds is 4. The highest BCUT2D eigenvalue weighted by Gasteiger charge is 2.60. The number of nitrogens with zero attached hydrogens (tertiary/aromatic N) is 2. The molecule has 0 bridgehead atoms. The van der Waals surface area contributed by atoms with E-state index in [1.54, 1.807) is 4.90 Å². The predicted molar refractivity (Wildman–Crippen MR) is 89.3 cm³/mol. The van der Waals surface area contributed by atoms with E-state index >= 15 is 0 Å². The van der Waals surface area contributed by atoms with Gasteiger partial charge >= 0.3 is 0 Å². The normalized spacial score (nSPS) is 31.2. The van der Waals surface area contributed by atoms with E-state index in [0.29, 0.717) is 26.1 Å². The molecule has 24 heavy (non-hydrogen) atoms. The fraction of sp³-hybridized carbons (Fsp3) is 0.579. The van der Waals surface area contributed by atoms with Crippen LogP contribution in [0.1, 0.15) is 27.2 Å². The number of carbonyl (C=O) groups excluding carboxylic acids is 1. The highest BCUT2D eigenvalue weighted by Crippen LogP contribution is 2.53. The van der Waals surface area contributed by atoms with Crippen LogP contribution in [-0.2, 0) is 9.53 Å². The minimum absolute atomic E-state index is 0.0569. The van der Waals surface area contributed by atoms with Crippen LogP contribution >= 0.6 is 0 Å². The summed E-state index contributed by atoms with van der Waals surface area (Å²) in [5, 5.41) is 9.42. The van der Waals surface area contributed by atoms with Gasteiger partial charge < -0.3 is 14.4 Å². The Balaban J connectivity index is 1.67. The second kappa shape index (κ2) is 6.10. The first-order valence-electron chi connectivity index (χ1n) is 8.42. The van der Waals surface area contributed by atoms with Gasteiger partial charge in [-0.1, -0.05) is 25.1 Å². The summed E-state index contributed by atoms with van der Waals surface area (Å²) in [4.78, 5) is 14.6. The summed E-state index contributed by atoms with van der Waals surface area (Å²) < 4.78 is 11.9. The number of benzene rings is 1. The quantitative estimate of drug-likeness (QED) is 0.852. The number of morpholine rings is 1. The molecule has 2 fully saturated rings. The van der Waals surface area contributed by atoms with Gasteiger partial charge in [0, 0.05) is 6.54 Å². The van der Waals surface area contributed by atoms with E-state index in [2.05, 4.69) is 6.07 Å². The maximum absolute atomic E-state index is 12.8. The van der Waals surface area contributed by atoms with Crippen molar-refractivity contribution in [3.63, 3.8) is 0 Å². The molecule has 2 aliphatic rings. The van der Waals surface area contributed by atoms with Gasteiger partial charge in [0.25, 0.3) is 0 Å². The fourth-order valence-electron chi connectivity index (χ4n) is 3.45. The van der Waals surface area contributed by atoms with Gasteiger partial charge in [0.2, 0.25) is 5.91 Å². The first-order valence-corrected chi connectivity index (χ1v) is 8.42. The predicted octanol–water partition coefficient (Wildman–Crippen LogP) is 2.62. The molecule has 3 rings (SSSR count). The Kier molecular flexibility index (Phi) is 4.27. The number of ether oxygens (including phenoxy) is 2. The van der Waals surface area contributed by atoms with Crippen molar-refractivity contribution in [1.82, 2.24) is 4.90 Å². The molecule has 1 aromatic carbocycles. The van der Waals surface area contributed by atoms with Crippen LogP contribution in [0.3, 0.4) is 0 Å². The number of hydrogen-bond donors (Lipinski definition) is 0. The molecule has 1 saturated carbocycles. The summed E-state index contributed by atoms with van der Waals surface area (Å²) in [7, 11) is 0. The monoisotopic (exact) mass is 328 g/mol. The first-order chi connectivity index (χ1) is 11.4. The number of para-hydroxylation sites is 1. The topological polar surface area (TPSA) is 62.6 Å². The molecule has 0 aromatic heterocycles. The van der Waals surface area contributed by atoms with Crippen molar-refractivity contribution >= 4 is 5.91 Å². The Morgan fingerprint density at radius 2 is 2.08 bits per heavy atom. The number of nitriles is 1. The zero-order chi connectivity index (χ0) is 17.4. The summed E-state index contributed by atoms with van der Waals surface area (Å²) in [6, 6.07) is 11.8. The van der Waals surface area contributed by atoms with Crippen molar-refractivity contribution in [1.29, 1.82) is 5.26 Å². The molecule has 1 heterocycles. The van der Waals surface area contributed by atoms with Gasteiger partial charge in [-0.2, -0.15) is 5.26 Å². The lowest BCUT2D eigenvalue weighted by Gasteiger charge is -2.43. The van der Waals surface area contributed by atoms with Gasteiger partial charge in [-0.3, -0.25) is 4.79 Å². The van der Waals surface area contributed by atoms with Gasteiger partial charge in [-0.25, -0.2) is 0 Å². The summed E-state index contributed by atoms with van der Waals surface area (Å²) in [6.07, 6.45) is 0.452. The molecule has 5 heteroatoms. The van der Waals surface area contributed by atoms with E-state index in [-0.39, 0.29) is 17.9 Å². The molecule has 1 amide bonds. The van der Waals surface area contributed by atoms with Gasteiger partial charge in [0.15, 0.2) is 0 Å². The van der Waals surface area contributed by atoms with E-state index in [1.165, 1.54) is 0 Å².